The molecule has 2 unspecified atom stereocenters. The van der Waals surface area contributed by atoms with Gasteiger partial charge in [0.15, 0.2) is 0 Å². The molecule has 5 aromatic rings. The number of hydrogen-bond acceptors (Lipinski definition) is 6. The zero-order chi connectivity index (χ0) is 31.2. The molecule has 7 rings (SSSR count). The number of carbonyl (C=O) groups excluding carboxylic acids is 1. The van der Waals surface area contributed by atoms with Gasteiger partial charge in [-0.25, -0.2) is 9.78 Å². The number of benzene rings is 2. The molecule has 8 nitrogen and oxygen atoms in total. The predicted octanol–water partition coefficient (Wildman–Crippen LogP) is 7.59. The van der Waals surface area contributed by atoms with Crippen molar-refractivity contribution in [3.05, 3.63) is 71.1 Å². The van der Waals surface area contributed by atoms with Crippen LogP contribution in [0, 0.1) is 0 Å². The van der Waals surface area contributed by atoms with Crippen molar-refractivity contribution in [3.63, 3.8) is 0 Å². The van der Waals surface area contributed by atoms with E-state index < -0.39 is 5.97 Å². The fourth-order valence-corrected chi connectivity index (χ4v) is 8.38. The number of aromatic nitrogens is 2. The number of methoxy groups -OCH3 is 1. The highest BCUT2D eigenvalue weighted by molar-refractivity contribution is 7.21. The summed E-state index contributed by atoms with van der Waals surface area (Å²) >= 11 is 1.33. The number of rotatable bonds is 7. The minimum atomic E-state index is -0.938. The molecule has 232 valence electrons. The average molecular weight is 624 g/mol. The molecule has 0 spiro atoms. The fourth-order valence-electron chi connectivity index (χ4n) is 7.25. The highest BCUT2D eigenvalue weighted by Gasteiger charge is 2.34. The van der Waals surface area contributed by atoms with E-state index in [4.69, 9.17) is 14.5 Å². The van der Waals surface area contributed by atoms with E-state index in [1.165, 1.54) is 16.9 Å². The van der Waals surface area contributed by atoms with E-state index in [1.54, 1.807) is 13.2 Å². The van der Waals surface area contributed by atoms with E-state index in [0.29, 0.717) is 24.0 Å². The fraction of sp³-hybridized carbons (Fsp3) is 0.361. The Morgan fingerprint density at radius 1 is 1.00 bits per heavy atom. The van der Waals surface area contributed by atoms with Gasteiger partial charge in [-0.15, -0.1) is 11.3 Å². The number of morpholine rings is 1. The number of carbonyl (C=O) groups is 2. The van der Waals surface area contributed by atoms with Crippen molar-refractivity contribution in [3.8, 4) is 28.3 Å². The lowest BCUT2D eigenvalue weighted by atomic mass is 9.94. The Labute approximate surface area is 266 Å². The van der Waals surface area contributed by atoms with E-state index in [9.17, 15) is 14.7 Å². The molecule has 1 amide bonds. The third-order valence-electron chi connectivity index (χ3n) is 9.32. The SMILES string of the molecule is COc1cccc(-c2ccc3cc(-c4c(C5CCCC5)c5sc(C(=O)O)cc5n4CC(=O)N4C(C)COCC4C)ccc3n2)c1. The summed E-state index contributed by atoms with van der Waals surface area (Å²) in [5.41, 5.74) is 6.75. The maximum absolute atomic E-state index is 14.0. The summed E-state index contributed by atoms with van der Waals surface area (Å²) in [5, 5.41) is 10.9. The third kappa shape index (κ3) is 5.38. The Kier molecular flexibility index (Phi) is 7.83. The second kappa shape index (κ2) is 11.9. The summed E-state index contributed by atoms with van der Waals surface area (Å²) in [6, 6.07) is 20.0. The van der Waals surface area contributed by atoms with Crippen LogP contribution in [0.25, 0.3) is 43.6 Å². The second-order valence-corrected chi connectivity index (χ2v) is 13.4. The van der Waals surface area contributed by atoms with Crippen molar-refractivity contribution in [2.45, 2.75) is 64.1 Å². The van der Waals surface area contributed by atoms with Gasteiger partial charge in [-0.2, -0.15) is 0 Å². The lowest BCUT2D eigenvalue weighted by molar-refractivity contribution is -0.144. The van der Waals surface area contributed by atoms with Gasteiger partial charge in [0.2, 0.25) is 5.91 Å². The molecule has 2 aromatic carbocycles. The first-order valence-corrected chi connectivity index (χ1v) is 16.5. The molecular weight excluding hydrogens is 586 g/mol. The average Bonchev–Trinajstić information content (AvgIpc) is 3.78. The van der Waals surface area contributed by atoms with Crippen LogP contribution in [0.4, 0.5) is 0 Å². The summed E-state index contributed by atoms with van der Waals surface area (Å²) in [7, 11) is 1.66. The molecule has 0 bridgehead atoms. The Bertz CT molecular complexity index is 1910. The van der Waals surface area contributed by atoms with Crippen LogP contribution >= 0.6 is 11.3 Å². The molecule has 0 radical (unpaired) electrons. The maximum atomic E-state index is 14.0. The van der Waals surface area contributed by atoms with Crippen LogP contribution in [0.2, 0.25) is 0 Å². The molecule has 1 saturated carbocycles. The summed E-state index contributed by atoms with van der Waals surface area (Å²) in [6.45, 7) is 5.19. The molecule has 1 aliphatic heterocycles. The van der Waals surface area contributed by atoms with E-state index in [-0.39, 0.29) is 24.5 Å². The van der Waals surface area contributed by atoms with Crippen LogP contribution in [0.3, 0.4) is 0 Å². The number of carboxylic acid groups (broad SMARTS) is 1. The Morgan fingerprint density at radius 3 is 2.51 bits per heavy atom. The number of hydrogen-bond donors (Lipinski definition) is 1. The first-order valence-electron chi connectivity index (χ1n) is 15.7. The minimum absolute atomic E-state index is 0.0166. The zero-order valence-corrected chi connectivity index (χ0v) is 26.6. The van der Waals surface area contributed by atoms with Crippen molar-refractivity contribution in [2.75, 3.05) is 20.3 Å². The van der Waals surface area contributed by atoms with Crippen LogP contribution in [0.5, 0.6) is 5.75 Å². The van der Waals surface area contributed by atoms with E-state index in [0.717, 1.165) is 75.1 Å². The summed E-state index contributed by atoms with van der Waals surface area (Å²) in [4.78, 5) is 33.4. The third-order valence-corrected chi connectivity index (χ3v) is 10.5. The van der Waals surface area contributed by atoms with Crippen LogP contribution in [0.15, 0.2) is 60.7 Å². The molecule has 1 aliphatic carbocycles. The van der Waals surface area contributed by atoms with Crippen LogP contribution in [-0.2, 0) is 16.1 Å². The molecule has 4 heterocycles. The smallest absolute Gasteiger partial charge is 0.345 e. The van der Waals surface area contributed by atoms with Crippen molar-refractivity contribution >= 4 is 44.3 Å². The monoisotopic (exact) mass is 623 g/mol. The number of nitrogens with zero attached hydrogens (tertiary/aromatic N) is 3. The normalized spacial score (nSPS) is 19.0. The molecule has 2 atom stereocenters. The lowest BCUT2D eigenvalue weighted by Gasteiger charge is -2.39. The highest BCUT2D eigenvalue weighted by atomic mass is 32.1. The molecule has 3 aromatic heterocycles. The molecule has 1 saturated heterocycles. The standard InChI is InChI=1S/C36H37N3O5S/c1-21-19-44-20-22(2)39(21)32(40)18-38-30-17-31(36(41)42)45-35(30)33(23-7-4-5-8-23)34(38)26-12-14-29-25(15-26)11-13-28(37-29)24-9-6-10-27(16-24)43-3/h6,9-17,21-23H,4-5,7-8,18-20H2,1-3H3,(H,41,42). The van der Waals surface area contributed by atoms with E-state index in [2.05, 4.69) is 28.8 Å². The Morgan fingerprint density at radius 2 is 1.78 bits per heavy atom. The van der Waals surface area contributed by atoms with Crippen LogP contribution in [-0.4, -0.2) is 63.8 Å². The first kappa shape index (κ1) is 29.5. The number of pyridine rings is 1. The van der Waals surface area contributed by atoms with Gasteiger partial charge in [-0.3, -0.25) is 4.79 Å². The lowest BCUT2D eigenvalue weighted by Crippen LogP contribution is -2.53. The summed E-state index contributed by atoms with van der Waals surface area (Å²) < 4.78 is 14.2. The first-order chi connectivity index (χ1) is 21.8. The molecule has 1 N–H and O–H groups in total. The van der Waals surface area contributed by atoms with Gasteiger partial charge in [-0.1, -0.05) is 37.1 Å². The number of amides is 1. The second-order valence-electron chi connectivity index (χ2n) is 12.3. The highest BCUT2D eigenvalue weighted by Crippen LogP contribution is 2.48. The van der Waals surface area contributed by atoms with Crippen molar-refractivity contribution in [1.82, 2.24) is 14.5 Å². The summed E-state index contributed by atoms with van der Waals surface area (Å²) in [5.74, 6) is 0.172. The predicted molar refractivity (Wildman–Crippen MR) is 177 cm³/mol. The van der Waals surface area contributed by atoms with Crippen LogP contribution < -0.4 is 4.74 Å². The molecule has 45 heavy (non-hydrogen) atoms. The number of fused-ring (bicyclic) bond motifs is 2. The quantitative estimate of drug-likeness (QED) is 0.201. The number of ether oxygens (including phenoxy) is 2. The Balaban J connectivity index is 1.38. The van der Waals surface area contributed by atoms with Crippen molar-refractivity contribution in [1.29, 1.82) is 0 Å². The van der Waals surface area contributed by atoms with Gasteiger partial charge in [0.1, 0.15) is 17.2 Å². The molecule has 2 fully saturated rings. The number of carboxylic acids is 1. The maximum Gasteiger partial charge on any atom is 0.345 e. The number of thiophene rings is 1. The minimum Gasteiger partial charge on any atom is -0.497 e. The molecule has 9 heteroatoms. The van der Waals surface area contributed by atoms with Crippen molar-refractivity contribution < 1.29 is 24.2 Å². The van der Waals surface area contributed by atoms with E-state index >= 15 is 0 Å². The summed E-state index contributed by atoms with van der Waals surface area (Å²) in [6.07, 6.45) is 4.39. The van der Waals surface area contributed by atoms with Gasteiger partial charge in [-0.05, 0) is 80.1 Å². The van der Waals surface area contributed by atoms with Gasteiger partial charge in [0.25, 0.3) is 0 Å². The Hall–Kier alpha value is -4.21. The molecular formula is C36H37N3O5S. The van der Waals surface area contributed by atoms with Crippen LogP contribution in [0.1, 0.15) is 60.7 Å². The van der Waals surface area contributed by atoms with Gasteiger partial charge < -0.3 is 24.0 Å². The topological polar surface area (TPSA) is 93.9 Å². The van der Waals surface area contributed by atoms with E-state index in [1.807, 2.05) is 49.1 Å². The zero-order valence-electron chi connectivity index (χ0n) is 25.8. The van der Waals surface area contributed by atoms with Crippen molar-refractivity contribution in [2.24, 2.45) is 0 Å². The van der Waals surface area contributed by atoms with Gasteiger partial charge >= 0.3 is 5.97 Å². The molecule has 2 aliphatic rings. The number of aromatic carboxylic acids is 1. The van der Waals surface area contributed by atoms with Gasteiger partial charge in [0.05, 0.1) is 59.5 Å². The van der Waals surface area contributed by atoms with Gasteiger partial charge in [0, 0.05) is 10.9 Å². The largest absolute Gasteiger partial charge is 0.497 e.